The summed E-state index contributed by atoms with van der Waals surface area (Å²) < 4.78 is 67.5. The van der Waals surface area contributed by atoms with Gasteiger partial charge in [0.1, 0.15) is 5.82 Å². The minimum atomic E-state index is -2.23. The lowest BCUT2D eigenvalue weighted by Crippen LogP contribution is -2.26. The molecular weight excluding hydrogens is 295 g/mol. The van der Waals surface area contributed by atoms with E-state index in [0.717, 1.165) is 18.2 Å². The summed E-state index contributed by atoms with van der Waals surface area (Å²) >= 11 is 0. The summed E-state index contributed by atoms with van der Waals surface area (Å²) in [6.07, 6.45) is 0. The van der Waals surface area contributed by atoms with Gasteiger partial charge in [0.15, 0.2) is 29.1 Å². The van der Waals surface area contributed by atoms with Crippen LogP contribution in [0.1, 0.15) is 31.8 Å². The van der Waals surface area contributed by atoms with Crippen molar-refractivity contribution in [1.29, 1.82) is 0 Å². The molecule has 21 heavy (non-hydrogen) atoms. The Morgan fingerprint density at radius 1 is 0.619 bits per heavy atom. The lowest BCUT2D eigenvalue weighted by Gasteiger charge is -2.19. The zero-order valence-electron chi connectivity index (χ0n) is 9.94. The molecule has 0 saturated carbocycles. The molecule has 0 spiro atoms. The van der Waals surface area contributed by atoms with Crippen molar-refractivity contribution < 1.29 is 31.5 Å². The molecule has 7 heteroatoms. The Bertz CT molecular complexity index is 842. The van der Waals surface area contributed by atoms with E-state index in [9.17, 15) is 31.5 Å². The van der Waals surface area contributed by atoms with E-state index in [0.29, 0.717) is 0 Å². The van der Waals surface area contributed by atoms with Crippen molar-refractivity contribution >= 4 is 11.6 Å². The molecule has 0 aliphatic heterocycles. The first-order valence-corrected chi connectivity index (χ1v) is 5.60. The maximum Gasteiger partial charge on any atom is 0.200 e. The van der Waals surface area contributed by atoms with Crippen LogP contribution in [-0.4, -0.2) is 11.6 Å². The Morgan fingerprint density at radius 2 is 1.14 bits per heavy atom. The second-order valence-electron chi connectivity index (χ2n) is 4.33. The van der Waals surface area contributed by atoms with E-state index in [1.807, 2.05) is 0 Å². The van der Waals surface area contributed by atoms with Crippen LogP contribution in [0.2, 0.25) is 0 Å². The van der Waals surface area contributed by atoms with Crippen molar-refractivity contribution in [3.8, 4) is 0 Å². The molecule has 2 aromatic carbocycles. The van der Waals surface area contributed by atoms with Crippen LogP contribution in [0.4, 0.5) is 22.0 Å². The summed E-state index contributed by atoms with van der Waals surface area (Å²) in [5.74, 6) is -12.3. The van der Waals surface area contributed by atoms with Gasteiger partial charge in [-0.3, -0.25) is 9.59 Å². The van der Waals surface area contributed by atoms with Crippen LogP contribution < -0.4 is 0 Å². The van der Waals surface area contributed by atoms with Gasteiger partial charge in [0.05, 0.1) is 16.7 Å². The molecule has 0 N–H and O–H groups in total. The van der Waals surface area contributed by atoms with Crippen LogP contribution in [0.25, 0.3) is 0 Å². The third-order valence-electron chi connectivity index (χ3n) is 3.21. The van der Waals surface area contributed by atoms with Gasteiger partial charge in [0.25, 0.3) is 0 Å². The lowest BCUT2D eigenvalue weighted by molar-refractivity contribution is 0.0966. The van der Waals surface area contributed by atoms with Gasteiger partial charge >= 0.3 is 0 Å². The fourth-order valence-corrected chi connectivity index (χ4v) is 2.26. The van der Waals surface area contributed by atoms with Crippen molar-refractivity contribution in [2.75, 3.05) is 0 Å². The number of rotatable bonds is 0. The van der Waals surface area contributed by atoms with Crippen molar-refractivity contribution in [3.63, 3.8) is 0 Å². The summed E-state index contributed by atoms with van der Waals surface area (Å²) in [4.78, 5) is 24.1. The monoisotopic (exact) mass is 298 g/mol. The molecule has 0 radical (unpaired) electrons. The number of hydrogen-bond donors (Lipinski definition) is 0. The smallest absolute Gasteiger partial charge is 0.200 e. The molecule has 0 unspecified atom stereocenters. The van der Waals surface area contributed by atoms with Gasteiger partial charge in [0.2, 0.25) is 5.78 Å². The van der Waals surface area contributed by atoms with E-state index >= 15 is 0 Å². The van der Waals surface area contributed by atoms with Gasteiger partial charge in [-0.2, -0.15) is 0 Å². The molecule has 2 nitrogen and oxygen atoms in total. The van der Waals surface area contributed by atoms with Gasteiger partial charge in [-0.25, -0.2) is 22.0 Å². The Kier molecular flexibility index (Phi) is 2.69. The van der Waals surface area contributed by atoms with Crippen molar-refractivity contribution in [2.24, 2.45) is 0 Å². The molecule has 0 saturated heterocycles. The zero-order valence-corrected chi connectivity index (χ0v) is 9.94. The number of carbonyl (C=O) groups is 2. The average Bonchev–Trinajstić information content (AvgIpc) is 2.46. The molecule has 2 aromatic rings. The van der Waals surface area contributed by atoms with E-state index < -0.39 is 62.9 Å². The molecule has 106 valence electrons. The summed E-state index contributed by atoms with van der Waals surface area (Å²) in [5, 5.41) is 0. The molecule has 3 rings (SSSR count). The van der Waals surface area contributed by atoms with Crippen molar-refractivity contribution in [1.82, 2.24) is 0 Å². The van der Waals surface area contributed by atoms with Crippen molar-refractivity contribution in [2.45, 2.75) is 0 Å². The molecule has 0 fully saturated rings. The third kappa shape index (κ3) is 1.57. The molecular formula is C14H3F5O2. The average molecular weight is 298 g/mol. The number of hydrogen-bond acceptors (Lipinski definition) is 2. The molecule has 0 atom stereocenters. The van der Waals surface area contributed by atoms with E-state index in [1.165, 1.54) is 0 Å². The fourth-order valence-electron chi connectivity index (χ4n) is 2.26. The van der Waals surface area contributed by atoms with Crippen LogP contribution in [0.15, 0.2) is 18.2 Å². The Morgan fingerprint density at radius 3 is 1.71 bits per heavy atom. The first-order chi connectivity index (χ1) is 9.86. The highest BCUT2D eigenvalue weighted by molar-refractivity contribution is 6.28. The maximum absolute atomic E-state index is 13.7. The molecule has 0 aromatic heterocycles. The SMILES string of the molecule is O=C1c2cccc(F)c2C(=O)c2c(F)c(F)c(F)c(F)c21. The highest BCUT2D eigenvalue weighted by Crippen LogP contribution is 2.34. The summed E-state index contributed by atoms with van der Waals surface area (Å²) in [6.45, 7) is 0. The van der Waals surface area contributed by atoms with Gasteiger partial charge in [-0.15, -0.1) is 0 Å². The summed E-state index contributed by atoms with van der Waals surface area (Å²) in [5.41, 5.74) is -3.85. The minimum Gasteiger partial charge on any atom is -0.288 e. The second kappa shape index (κ2) is 4.21. The largest absolute Gasteiger partial charge is 0.288 e. The molecule has 0 heterocycles. The van der Waals surface area contributed by atoms with E-state index in [-0.39, 0.29) is 0 Å². The lowest BCUT2D eigenvalue weighted by atomic mass is 9.83. The topological polar surface area (TPSA) is 34.1 Å². The minimum absolute atomic E-state index is 0.531. The summed E-state index contributed by atoms with van der Waals surface area (Å²) in [7, 11) is 0. The third-order valence-corrected chi connectivity index (χ3v) is 3.21. The number of carbonyl (C=O) groups excluding carboxylic acids is 2. The van der Waals surface area contributed by atoms with Gasteiger partial charge < -0.3 is 0 Å². The number of fused-ring (bicyclic) bond motifs is 2. The van der Waals surface area contributed by atoms with E-state index in [2.05, 4.69) is 0 Å². The van der Waals surface area contributed by atoms with Gasteiger partial charge in [0, 0.05) is 5.56 Å². The number of halogens is 5. The fraction of sp³-hybridized carbons (Fsp3) is 0. The van der Waals surface area contributed by atoms with Gasteiger partial charge in [-0.1, -0.05) is 12.1 Å². The second-order valence-corrected chi connectivity index (χ2v) is 4.33. The van der Waals surface area contributed by atoms with E-state index in [1.54, 1.807) is 0 Å². The highest BCUT2D eigenvalue weighted by Gasteiger charge is 2.40. The molecule has 1 aliphatic carbocycles. The summed E-state index contributed by atoms with van der Waals surface area (Å²) in [6, 6.07) is 2.93. The molecule has 1 aliphatic rings. The molecule has 0 bridgehead atoms. The Hall–Kier alpha value is -2.57. The normalized spacial score (nSPS) is 13.2. The first kappa shape index (κ1) is 13.4. The quantitative estimate of drug-likeness (QED) is 0.363. The standard InChI is InChI=1S/C14H3F5O2/c15-5-3-1-2-4-6(5)14(21)8-7(13(4)20)9(16)11(18)12(19)10(8)17/h1-3H. The predicted octanol–water partition coefficient (Wildman–Crippen LogP) is 3.16. The number of benzene rings is 2. The van der Waals surface area contributed by atoms with Crippen LogP contribution in [-0.2, 0) is 0 Å². The predicted molar refractivity (Wildman–Crippen MR) is 59.5 cm³/mol. The van der Waals surface area contributed by atoms with Crippen LogP contribution in [0, 0.1) is 29.1 Å². The Balaban J connectivity index is 2.47. The van der Waals surface area contributed by atoms with Crippen LogP contribution in [0.5, 0.6) is 0 Å². The van der Waals surface area contributed by atoms with Gasteiger partial charge in [-0.05, 0) is 6.07 Å². The van der Waals surface area contributed by atoms with E-state index in [4.69, 9.17) is 0 Å². The highest BCUT2D eigenvalue weighted by atomic mass is 19.2. The van der Waals surface area contributed by atoms with Crippen LogP contribution in [0.3, 0.4) is 0 Å². The number of ketones is 2. The van der Waals surface area contributed by atoms with Crippen LogP contribution >= 0.6 is 0 Å². The van der Waals surface area contributed by atoms with Crippen molar-refractivity contribution in [3.05, 3.63) is 69.5 Å². The Labute approximate surface area is 113 Å². The molecule has 0 amide bonds. The zero-order chi connectivity index (χ0) is 15.5. The maximum atomic E-state index is 13.7. The first-order valence-electron chi connectivity index (χ1n) is 5.60.